The second kappa shape index (κ2) is 9.91. The van der Waals surface area contributed by atoms with E-state index in [1.807, 2.05) is 18.2 Å². The highest BCUT2D eigenvalue weighted by Crippen LogP contribution is 2.40. The molecular weight excluding hydrogens is 463 g/mol. The van der Waals surface area contributed by atoms with Crippen molar-refractivity contribution in [1.29, 1.82) is 0 Å². The lowest BCUT2D eigenvalue weighted by molar-refractivity contribution is -0.130. The molecule has 1 atom stereocenters. The third-order valence-corrected chi connectivity index (χ3v) is 5.49. The molecule has 6 heteroatoms. The van der Waals surface area contributed by atoms with Gasteiger partial charge >= 0.3 is 0 Å². The molecule has 1 amide bonds. The molecule has 1 heterocycles. The maximum Gasteiger partial charge on any atom is 0.240 e. The van der Waals surface area contributed by atoms with Crippen molar-refractivity contribution < 1.29 is 4.79 Å². The molecule has 162 valence electrons. The maximum atomic E-state index is 12.5. The van der Waals surface area contributed by atoms with E-state index < -0.39 is 4.30 Å². The van der Waals surface area contributed by atoms with Gasteiger partial charge in [-0.25, -0.2) is 5.01 Å². The van der Waals surface area contributed by atoms with Gasteiger partial charge in [-0.2, -0.15) is 5.10 Å². The van der Waals surface area contributed by atoms with Crippen LogP contribution < -0.4 is 0 Å². The summed E-state index contributed by atoms with van der Waals surface area (Å²) >= 11 is 14.4. The second-order valence-corrected chi connectivity index (χ2v) is 9.46. The minimum atomic E-state index is -0.750. The standard InChI is InChI=1S/C25H20N2O.CHCl3/c1-17(28)27-24(16-23(26-27)18-9-3-2-4-10-18)25-21-13-7-5-11-19(21)15-20-12-6-8-14-22(20)25;2-1(3)4/h2-15,24H,16H2,1H3;1H/t24-;/m0./s1. The lowest BCUT2D eigenvalue weighted by Crippen LogP contribution is -2.24. The highest BCUT2D eigenvalue weighted by atomic mass is 35.6. The summed E-state index contributed by atoms with van der Waals surface area (Å²) in [5.41, 5.74) is 3.21. The Kier molecular flexibility index (Phi) is 7.00. The lowest BCUT2D eigenvalue weighted by Gasteiger charge is -2.24. The molecule has 0 spiro atoms. The number of fused-ring (bicyclic) bond motifs is 2. The highest BCUT2D eigenvalue weighted by Gasteiger charge is 2.33. The van der Waals surface area contributed by atoms with Gasteiger partial charge in [0.05, 0.1) is 11.8 Å². The fourth-order valence-electron chi connectivity index (χ4n) is 4.24. The van der Waals surface area contributed by atoms with Gasteiger partial charge in [-0.1, -0.05) is 114 Å². The summed E-state index contributed by atoms with van der Waals surface area (Å²) in [4.78, 5) is 12.5. The van der Waals surface area contributed by atoms with E-state index in [-0.39, 0.29) is 11.9 Å². The molecule has 0 saturated heterocycles. The van der Waals surface area contributed by atoms with Crippen molar-refractivity contribution in [3.63, 3.8) is 0 Å². The zero-order valence-corrected chi connectivity index (χ0v) is 19.6. The number of carbonyl (C=O) groups is 1. The summed E-state index contributed by atoms with van der Waals surface area (Å²) in [7, 11) is 0. The largest absolute Gasteiger partial charge is 0.273 e. The van der Waals surface area contributed by atoms with Crippen molar-refractivity contribution in [1.82, 2.24) is 5.01 Å². The van der Waals surface area contributed by atoms with Crippen molar-refractivity contribution >= 4 is 68.0 Å². The van der Waals surface area contributed by atoms with Gasteiger partial charge in [0.15, 0.2) is 4.30 Å². The maximum absolute atomic E-state index is 12.5. The van der Waals surface area contributed by atoms with Gasteiger partial charge in [-0.15, -0.1) is 0 Å². The quantitative estimate of drug-likeness (QED) is 0.212. The summed E-state index contributed by atoms with van der Waals surface area (Å²) in [5.74, 6) is -0.0343. The summed E-state index contributed by atoms with van der Waals surface area (Å²) in [5, 5.41) is 11.1. The van der Waals surface area contributed by atoms with Crippen molar-refractivity contribution in [2.24, 2.45) is 5.10 Å². The Hall–Kier alpha value is -2.59. The van der Waals surface area contributed by atoms with Gasteiger partial charge in [0.1, 0.15) is 0 Å². The molecule has 0 radical (unpaired) electrons. The Morgan fingerprint density at radius 1 is 0.875 bits per heavy atom. The van der Waals surface area contributed by atoms with Gasteiger partial charge in [-0.05, 0) is 38.7 Å². The number of benzene rings is 4. The summed E-state index contributed by atoms with van der Waals surface area (Å²) in [6.45, 7) is 1.59. The number of alkyl halides is 3. The minimum absolute atomic E-state index is 0.0343. The Balaban J connectivity index is 0.000000567. The first kappa shape index (κ1) is 22.6. The third-order valence-electron chi connectivity index (χ3n) is 5.49. The molecule has 0 aliphatic carbocycles. The van der Waals surface area contributed by atoms with E-state index in [0.29, 0.717) is 6.42 Å². The normalized spacial score (nSPS) is 15.6. The van der Waals surface area contributed by atoms with E-state index in [4.69, 9.17) is 39.9 Å². The van der Waals surface area contributed by atoms with E-state index in [0.717, 1.165) is 11.3 Å². The molecule has 0 fully saturated rings. The molecule has 32 heavy (non-hydrogen) atoms. The molecule has 3 nitrogen and oxygen atoms in total. The molecule has 0 saturated carbocycles. The predicted octanol–water partition coefficient (Wildman–Crippen LogP) is 7.68. The van der Waals surface area contributed by atoms with Gasteiger partial charge < -0.3 is 0 Å². The highest BCUT2D eigenvalue weighted by molar-refractivity contribution is 6.63. The predicted molar refractivity (Wildman–Crippen MR) is 136 cm³/mol. The van der Waals surface area contributed by atoms with Crippen LogP contribution in [0.4, 0.5) is 0 Å². The second-order valence-electron chi connectivity index (χ2n) is 7.48. The number of nitrogens with zero attached hydrogens (tertiary/aromatic N) is 2. The molecule has 0 bridgehead atoms. The van der Waals surface area contributed by atoms with Crippen LogP contribution in [0.25, 0.3) is 21.5 Å². The molecular formula is C26H21Cl3N2O. The summed E-state index contributed by atoms with van der Waals surface area (Å²) in [6, 6.07) is 29.1. The van der Waals surface area contributed by atoms with Crippen LogP contribution in [0.5, 0.6) is 0 Å². The number of amides is 1. The molecule has 5 rings (SSSR count). The smallest absolute Gasteiger partial charge is 0.240 e. The van der Waals surface area contributed by atoms with Crippen LogP contribution in [0, 0.1) is 0 Å². The van der Waals surface area contributed by atoms with Crippen LogP contribution in [0.3, 0.4) is 0 Å². The van der Waals surface area contributed by atoms with Gasteiger partial charge in [0.25, 0.3) is 0 Å². The van der Waals surface area contributed by atoms with Crippen LogP contribution in [0.15, 0.2) is 90.0 Å². The molecule has 4 aromatic rings. The first-order valence-electron chi connectivity index (χ1n) is 10.2. The fourth-order valence-corrected chi connectivity index (χ4v) is 4.24. The molecule has 0 aromatic heterocycles. The van der Waals surface area contributed by atoms with E-state index in [1.165, 1.54) is 27.1 Å². The van der Waals surface area contributed by atoms with Crippen molar-refractivity contribution in [2.45, 2.75) is 23.7 Å². The number of hydrogen-bond acceptors (Lipinski definition) is 2. The molecule has 1 aliphatic heterocycles. The molecule has 0 N–H and O–H groups in total. The van der Waals surface area contributed by atoms with Crippen LogP contribution in [-0.2, 0) is 4.79 Å². The number of hydrazone groups is 1. The van der Waals surface area contributed by atoms with Crippen LogP contribution in [-0.4, -0.2) is 20.9 Å². The average molecular weight is 484 g/mol. The van der Waals surface area contributed by atoms with E-state index in [1.54, 1.807) is 11.9 Å². The van der Waals surface area contributed by atoms with E-state index >= 15 is 0 Å². The van der Waals surface area contributed by atoms with E-state index in [2.05, 4.69) is 66.7 Å². The third kappa shape index (κ3) is 4.75. The Bertz CT molecular complexity index is 1230. The number of halogens is 3. The zero-order valence-electron chi connectivity index (χ0n) is 17.4. The zero-order chi connectivity index (χ0) is 22.7. The van der Waals surface area contributed by atoms with E-state index in [9.17, 15) is 4.79 Å². The van der Waals surface area contributed by atoms with Crippen LogP contribution >= 0.6 is 34.8 Å². The van der Waals surface area contributed by atoms with Crippen LogP contribution in [0.1, 0.15) is 30.5 Å². The van der Waals surface area contributed by atoms with Crippen molar-refractivity contribution in [3.05, 3.63) is 96.1 Å². The summed E-state index contributed by atoms with van der Waals surface area (Å²) in [6.07, 6.45) is 0.710. The number of hydrogen-bond donors (Lipinski definition) is 0. The summed E-state index contributed by atoms with van der Waals surface area (Å²) < 4.78 is -0.750. The topological polar surface area (TPSA) is 32.7 Å². The van der Waals surface area contributed by atoms with Gasteiger partial charge in [0.2, 0.25) is 5.91 Å². The minimum Gasteiger partial charge on any atom is -0.273 e. The molecule has 4 aromatic carbocycles. The van der Waals surface area contributed by atoms with Crippen molar-refractivity contribution in [2.75, 3.05) is 0 Å². The Morgan fingerprint density at radius 2 is 1.38 bits per heavy atom. The van der Waals surface area contributed by atoms with Crippen molar-refractivity contribution in [3.8, 4) is 0 Å². The monoisotopic (exact) mass is 482 g/mol. The fraction of sp³-hybridized carbons (Fsp3) is 0.154. The number of carbonyl (C=O) groups excluding carboxylic acids is 1. The first-order valence-corrected chi connectivity index (χ1v) is 11.5. The first-order chi connectivity index (χ1) is 15.5. The molecule has 0 unspecified atom stereocenters. The van der Waals surface area contributed by atoms with Gasteiger partial charge in [-0.3, -0.25) is 4.79 Å². The Labute approximate surface area is 202 Å². The Morgan fingerprint density at radius 3 is 1.91 bits per heavy atom. The SMILES string of the molecule is CC(=O)N1N=C(c2ccccc2)C[C@H]1c1c2ccccc2cc2ccccc12.ClC(Cl)Cl. The average Bonchev–Trinajstić information content (AvgIpc) is 3.23. The van der Waals surface area contributed by atoms with Crippen LogP contribution in [0.2, 0.25) is 0 Å². The number of rotatable bonds is 2. The lowest BCUT2D eigenvalue weighted by atomic mass is 9.89. The van der Waals surface area contributed by atoms with Gasteiger partial charge in [0, 0.05) is 13.3 Å². The molecule has 1 aliphatic rings.